The molecule has 9 rings (SSSR count). The highest BCUT2D eigenvalue weighted by Crippen LogP contribution is 2.58. The van der Waals surface area contributed by atoms with E-state index in [1.54, 1.807) is 0 Å². The molecule has 0 saturated carbocycles. The van der Waals surface area contributed by atoms with Gasteiger partial charge in [0.15, 0.2) is 0 Å². The summed E-state index contributed by atoms with van der Waals surface area (Å²) in [6.07, 6.45) is 2.05. The van der Waals surface area contributed by atoms with E-state index in [0.717, 1.165) is 33.1 Å². The van der Waals surface area contributed by atoms with Gasteiger partial charge in [-0.25, -0.2) is 0 Å². The smallest absolute Gasteiger partial charge is 0.0719 e. The fourth-order valence-electron chi connectivity index (χ4n) is 8.50. The number of hydrogen-bond donors (Lipinski definition) is 0. The molecule has 0 bridgehead atoms. The van der Waals surface area contributed by atoms with Crippen LogP contribution in [0.1, 0.15) is 16.7 Å². The maximum Gasteiger partial charge on any atom is 0.0719 e. The average molecular weight is 690 g/mol. The van der Waals surface area contributed by atoms with Gasteiger partial charge in [-0.1, -0.05) is 195 Å². The molecule has 0 fully saturated rings. The summed E-state index contributed by atoms with van der Waals surface area (Å²) in [5, 5.41) is 2.08. The van der Waals surface area contributed by atoms with E-state index >= 15 is 0 Å². The summed E-state index contributed by atoms with van der Waals surface area (Å²) in [5.74, 6) is 0. The fraction of sp³-hybridized carbons (Fsp3) is 0.0189. The van der Waals surface area contributed by atoms with Gasteiger partial charge >= 0.3 is 0 Å². The standard InChI is InChI=1S/C53H39N/c1-3-49(45-26-14-13-19-38(45)2)53(42-24-11-6-12-25-42)50-29-17-15-28-47(50)48-37-44(35-36-51(48)53)54(43-33-31-40(32-34-43)39-20-7-4-8-21-39)52-30-18-16-27-46(52)41-22-9-5-10-23-41/h3-37H,1-2H2. The van der Waals surface area contributed by atoms with Crippen molar-refractivity contribution < 1.29 is 0 Å². The summed E-state index contributed by atoms with van der Waals surface area (Å²) in [6.45, 7) is 8.94. The lowest BCUT2D eigenvalue weighted by molar-refractivity contribution is 0.827. The molecule has 54 heavy (non-hydrogen) atoms. The lowest BCUT2D eigenvalue weighted by atomic mass is 9.66. The summed E-state index contributed by atoms with van der Waals surface area (Å²) >= 11 is 0. The molecule has 1 aliphatic rings. The molecule has 1 aliphatic carbocycles. The van der Waals surface area contributed by atoms with E-state index in [-0.39, 0.29) is 0 Å². The molecule has 0 heterocycles. The predicted molar refractivity (Wildman–Crippen MR) is 229 cm³/mol. The topological polar surface area (TPSA) is 3.24 Å². The Labute approximate surface area is 317 Å². The Morgan fingerprint density at radius 2 is 0.981 bits per heavy atom. The molecule has 8 aromatic rings. The first-order valence-electron chi connectivity index (χ1n) is 18.5. The van der Waals surface area contributed by atoms with Gasteiger partial charge in [-0.2, -0.15) is 0 Å². The molecule has 1 nitrogen and oxygen atoms in total. The van der Waals surface area contributed by atoms with E-state index < -0.39 is 5.41 Å². The minimum Gasteiger partial charge on any atom is -0.310 e. The van der Waals surface area contributed by atoms with Gasteiger partial charge in [0.1, 0.15) is 0 Å². The van der Waals surface area contributed by atoms with Crippen molar-refractivity contribution in [3.8, 4) is 33.4 Å². The van der Waals surface area contributed by atoms with Crippen molar-refractivity contribution in [1.29, 1.82) is 0 Å². The van der Waals surface area contributed by atoms with Crippen LogP contribution in [0.2, 0.25) is 0 Å². The monoisotopic (exact) mass is 689 g/mol. The van der Waals surface area contributed by atoms with Gasteiger partial charge in [-0.3, -0.25) is 0 Å². The zero-order valence-electron chi connectivity index (χ0n) is 30.1. The summed E-state index contributed by atoms with van der Waals surface area (Å²) in [4.78, 5) is 2.41. The fourth-order valence-corrected chi connectivity index (χ4v) is 8.50. The van der Waals surface area contributed by atoms with Crippen molar-refractivity contribution in [2.45, 2.75) is 5.41 Å². The van der Waals surface area contributed by atoms with Crippen molar-refractivity contribution in [1.82, 2.24) is 0 Å². The third-order valence-electron chi connectivity index (χ3n) is 10.9. The highest BCUT2D eigenvalue weighted by molar-refractivity contribution is 5.96. The van der Waals surface area contributed by atoms with Crippen LogP contribution in [-0.2, 0) is 5.41 Å². The molecule has 1 atom stereocenters. The number of hydrogen-bond acceptors (Lipinski definition) is 1. The Bertz CT molecular complexity index is 2730. The molecule has 0 radical (unpaired) electrons. The number of allylic oxidation sites excluding steroid dienone is 1. The highest BCUT2D eigenvalue weighted by atomic mass is 15.1. The number of fused-ring (bicyclic) bond motifs is 3. The second-order valence-electron chi connectivity index (χ2n) is 13.8. The van der Waals surface area contributed by atoms with Gasteiger partial charge in [0.2, 0.25) is 0 Å². The van der Waals surface area contributed by atoms with E-state index in [0.29, 0.717) is 0 Å². The Balaban J connectivity index is 1.32. The van der Waals surface area contributed by atoms with Crippen molar-refractivity contribution >= 4 is 29.2 Å². The van der Waals surface area contributed by atoms with Crippen LogP contribution in [0, 0.1) is 0 Å². The molecule has 0 saturated heterocycles. The lowest BCUT2D eigenvalue weighted by Gasteiger charge is -2.35. The number of benzene rings is 8. The van der Waals surface area contributed by atoms with E-state index in [1.165, 1.54) is 50.1 Å². The number of para-hydroxylation sites is 1. The van der Waals surface area contributed by atoms with Gasteiger partial charge in [-0.15, -0.1) is 0 Å². The number of rotatable bonds is 8. The van der Waals surface area contributed by atoms with E-state index in [4.69, 9.17) is 0 Å². The Kier molecular flexibility index (Phi) is 8.46. The zero-order valence-corrected chi connectivity index (χ0v) is 30.1. The zero-order chi connectivity index (χ0) is 36.5. The van der Waals surface area contributed by atoms with Crippen LogP contribution < -0.4 is 15.3 Å². The Morgan fingerprint density at radius 3 is 1.69 bits per heavy atom. The molecule has 1 heteroatoms. The SMILES string of the molecule is C=CC(=c1ccccc1=C)C1(c2ccccc2)c2ccccc2-c2cc(N(c3ccc(-c4ccccc4)cc3)c3ccccc3-c3ccccc3)ccc21. The molecule has 0 amide bonds. The first-order valence-corrected chi connectivity index (χ1v) is 18.5. The Morgan fingerprint density at radius 1 is 0.444 bits per heavy atom. The van der Waals surface area contributed by atoms with Crippen LogP contribution in [-0.4, -0.2) is 0 Å². The molecule has 0 aromatic heterocycles. The third-order valence-corrected chi connectivity index (χ3v) is 10.9. The minimum absolute atomic E-state index is 0.606. The lowest BCUT2D eigenvalue weighted by Crippen LogP contribution is -2.36. The quantitative estimate of drug-likeness (QED) is 0.153. The average Bonchev–Trinajstić information content (AvgIpc) is 3.53. The van der Waals surface area contributed by atoms with Crippen LogP contribution in [0.25, 0.3) is 45.5 Å². The summed E-state index contributed by atoms with van der Waals surface area (Å²) in [7, 11) is 0. The Hall–Kier alpha value is -6.96. The van der Waals surface area contributed by atoms with Gasteiger partial charge in [-0.05, 0) is 90.8 Å². The summed E-state index contributed by atoms with van der Waals surface area (Å²) in [6, 6.07) is 74.2. The molecule has 0 aliphatic heterocycles. The number of nitrogens with zero attached hydrogens (tertiary/aromatic N) is 1. The van der Waals surface area contributed by atoms with Crippen molar-refractivity contribution in [2.75, 3.05) is 4.90 Å². The van der Waals surface area contributed by atoms with Crippen LogP contribution in [0.4, 0.5) is 17.1 Å². The van der Waals surface area contributed by atoms with E-state index in [2.05, 4.69) is 224 Å². The molecular formula is C53H39N. The number of anilines is 3. The van der Waals surface area contributed by atoms with Crippen LogP contribution >= 0.6 is 0 Å². The minimum atomic E-state index is -0.606. The molecule has 8 aromatic carbocycles. The van der Waals surface area contributed by atoms with Crippen LogP contribution in [0.3, 0.4) is 0 Å². The first kappa shape index (κ1) is 32.9. The van der Waals surface area contributed by atoms with E-state index in [1.807, 2.05) is 6.08 Å². The predicted octanol–water partition coefficient (Wildman–Crippen LogP) is 12.3. The van der Waals surface area contributed by atoms with Gasteiger partial charge in [0.05, 0.1) is 11.1 Å². The normalized spacial score (nSPS) is 14.8. The van der Waals surface area contributed by atoms with E-state index in [9.17, 15) is 0 Å². The molecular weight excluding hydrogens is 651 g/mol. The second-order valence-corrected chi connectivity index (χ2v) is 13.8. The maximum atomic E-state index is 4.49. The molecule has 1 unspecified atom stereocenters. The van der Waals surface area contributed by atoms with Crippen molar-refractivity contribution in [3.63, 3.8) is 0 Å². The van der Waals surface area contributed by atoms with Crippen molar-refractivity contribution in [3.05, 3.63) is 246 Å². The highest BCUT2D eigenvalue weighted by Gasteiger charge is 2.47. The van der Waals surface area contributed by atoms with Crippen molar-refractivity contribution in [2.24, 2.45) is 0 Å². The van der Waals surface area contributed by atoms with Crippen LogP contribution in [0.5, 0.6) is 0 Å². The van der Waals surface area contributed by atoms with Gasteiger partial charge < -0.3 is 4.90 Å². The second kappa shape index (κ2) is 13.9. The van der Waals surface area contributed by atoms with Gasteiger partial charge in [0.25, 0.3) is 0 Å². The van der Waals surface area contributed by atoms with Crippen LogP contribution in [0.15, 0.2) is 219 Å². The molecule has 256 valence electrons. The summed E-state index contributed by atoms with van der Waals surface area (Å²) < 4.78 is 0. The van der Waals surface area contributed by atoms with Gasteiger partial charge in [0, 0.05) is 16.9 Å². The summed E-state index contributed by atoms with van der Waals surface area (Å²) in [5.41, 5.74) is 14.6. The maximum absolute atomic E-state index is 4.49. The molecule has 0 N–H and O–H groups in total. The largest absolute Gasteiger partial charge is 0.310 e. The first-order chi connectivity index (χ1) is 26.7. The molecule has 0 spiro atoms. The third kappa shape index (κ3) is 5.41.